The van der Waals surface area contributed by atoms with Crippen LogP contribution in [0.25, 0.3) is 16.6 Å². The molecule has 0 aliphatic carbocycles. The van der Waals surface area contributed by atoms with E-state index in [-0.39, 0.29) is 29.1 Å². The number of carboxylic acids is 1. The van der Waals surface area contributed by atoms with Crippen LogP contribution in [-0.4, -0.2) is 38.8 Å². The van der Waals surface area contributed by atoms with Gasteiger partial charge in [-0.1, -0.05) is 24.3 Å². The number of methoxy groups -OCH3 is 1. The zero-order valence-corrected chi connectivity index (χ0v) is 16.5. The monoisotopic (exact) mass is 431 g/mol. The van der Waals surface area contributed by atoms with Crippen LogP contribution in [0.5, 0.6) is 0 Å². The number of nitrogen functional groups attached to an aromatic ring is 1. The molecule has 2 aromatic heterocycles. The third-order valence-corrected chi connectivity index (χ3v) is 4.10. The van der Waals surface area contributed by atoms with Gasteiger partial charge in [0.15, 0.2) is 5.65 Å². The number of halogens is 1. The van der Waals surface area contributed by atoms with Gasteiger partial charge in [0, 0.05) is 0 Å². The molecule has 156 valence electrons. The number of esters is 1. The number of rotatable bonds is 3. The van der Waals surface area contributed by atoms with Crippen LogP contribution in [0.3, 0.4) is 0 Å². The van der Waals surface area contributed by atoms with Crippen molar-refractivity contribution >= 4 is 46.6 Å². The summed E-state index contributed by atoms with van der Waals surface area (Å²) < 4.78 is 6.16. The minimum absolute atomic E-state index is 0. The minimum atomic E-state index is -0.987. The predicted molar refractivity (Wildman–Crippen MR) is 113 cm³/mol. The smallest absolute Gasteiger partial charge is 0.343 e. The fraction of sp³-hybridized carbons (Fsp3) is 0.0526. The topological polar surface area (TPSA) is 152 Å². The van der Waals surface area contributed by atoms with Gasteiger partial charge in [-0.3, -0.25) is 10.6 Å². The molecule has 4 aromatic rings. The Kier molecular flexibility index (Phi) is 7.13. The summed E-state index contributed by atoms with van der Waals surface area (Å²) in [7, 11) is 1.28. The molecule has 4 rings (SSSR count). The molecule has 5 N–H and O–H groups in total. The molecule has 0 radical (unpaired) electrons. The number of fused-ring (bicyclic) bond motifs is 3. The molecule has 11 heteroatoms. The lowest BCUT2D eigenvalue weighted by molar-refractivity contribution is 0.0601. The van der Waals surface area contributed by atoms with E-state index in [4.69, 9.17) is 10.9 Å². The van der Waals surface area contributed by atoms with Gasteiger partial charge < -0.3 is 20.3 Å². The summed E-state index contributed by atoms with van der Waals surface area (Å²) in [6, 6.07) is 13.5. The highest BCUT2D eigenvalue weighted by atomic mass is 35.5. The van der Waals surface area contributed by atoms with Gasteiger partial charge in [0.25, 0.3) is 5.56 Å². The number of carbonyl (C=O) groups excluding carboxylic acids is 1. The number of para-hydroxylation sites is 2. The fourth-order valence-electron chi connectivity index (χ4n) is 2.73. The van der Waals surface area contributed by atoms with Crippen LogP contribution in [0.15, 0.2) is 59.5 Å². The Morgan fingerprint density at radius 1 is 1.13 bits per heavy atom. The lowest BCUT2D eigenvalue weighted by atomic mass is 10.2. The second kappa shape index (κ2) is 9.54. The zero-order chi connectivity index (χ0) is 21.0. The van der Waals surface area contributed by atoms with Gasteiger partial charge >= 0.3 is 11.9 Å². The minimum Gasteiger partial charge on any atom is -0.478 e. The average molecular weight is 432 g/mol. The van der Waals surface area contributed by atoms with E-state index in [1.165, 1.54) is 23.9 Å². The van der Waals surface area contributed by atoms with Crippen molar-refractivity contribution in [1.29, 1.82) is 0 Å². The summed E-state index contributed by atoms with van der Waals surface area (Å²) in [4.78, 5) is 36.6. The number of nitrogens with two attached hydrogens (primary N) is 1. The van der Waals surface area contributed by atoms with Crippen LogP contribution in [0, 0.1) is 0 Å². The standard InChI is InChI=1S/C12H9N3O3.C7H8N2O2.ClH/c1-18-12(17)8-6-13-15-9-5-3-2-4-7(9)11(16)14-10(8)15;8-9-6-4-2-1-3-5(6)7(10)11;/h2-6H,1H3,(H,14,16);1-4,9H,8H2,(H,10,11);1H. The van der Waals surface area contributed by atoms with E-state index in [9.17, 15) is 14.4 Å². The van der Waals surface area contributed by atoms with Crippen molar-refractivity contribution in [3.05, 3.63) is 76.2 Å². The molecule has 0 amide bonds. The van der Waals surface area contributed by atoms with E-state index < -0.39 is 11.9 Å². The number of ether oxygens (including phenoxy) is 1. The highest BCUT2D eigenvalue weighted by molar-refractivity contribution is 5.97. The number of nitrogens with one attached hydrogen (secondary N) is 2. The lowest BCUT2D eigenvalue weighted by Crippen LogP contribution is -2.12. The molecule has 10 nitrogen and oxygen atoms in total. The second-order valence-corrected chi connectivity index (χ2v) is 5.78. The maximum atomic E-state index is 11.9. The zero-order valence-electron chi connectivity index (χ0n) is 15.7. The number of hydrazine groups is 1. The van der Waals surface area contributed by atoms with Crippen molar-refractivity contribution < 1.29 is 19.4 Å². The summed E-state index contributed by atoms with van der Waals surface area (Å²) in [6.45, 7) is 0. The number of nitrogens with zero attached hydrogens (tertiary/aromatic N) is 2. The first-order chi connectivity index (χ1) is 14.0. The first-order valence-corrected chi connectivity index (χ1v) is 8.34. The Bertz CT molecular complexity index is 1270. The molecule has 0 spiro atoms. The van der Waals surface area contributed by atoms with E-state index in [1.807, 2.05) is 0 Å². The number of H-pyrrole nitrogens is 1. The van der Waals surface area contributed by atoms with Crippen molar-refractivity contribution in [2.24, 2.45) is 5.84 Å². The van der Waals surface area contributed by atoms with E-state index in [0.29, 0.717) is 22.2 Å². The van der Waals surface area contributed by atoms with Gasteiger partial charge in [-0.25, -0.2) is 14.1 Å². The van der Waals surface area contributed by atoms with Crippen LogP contribution < -0.4 is 16.8 Å². The van der Waals surface area contributed by atoms with Crippen molar-refractivity contribution in [3.8, 4) is 0 Å². The van der Waals surface area contributed by atoms with E-state index in [2.05, 4.69) is 20.2 Å². The Labute approximate surface area is 175 Å². The molecule has 2 aromatic carbocycles. The Morgan fingerprint density at radius 2 is 1.80 bits per heavy atom. The van der Waals surface area contributed by atoms with Crippen molar-refractivity contribution in [3.63, 3.8) is 0 Å². The number of hydrogen-bond acceptors (Lipinski definition) is 7. The average Bonchev–Trinajstić information content (AvgIpc) is 3.17. The van der Waals surface area contributed by atoms with Crippen molar-refractivity contribution in [2.75, 3.05) is 12.5 Å². The molecule has 0 aliphatic rings. The van der Waals surface area contributed by atoms with Crippen LogP contribution >= 0.6 is 12.4 Å². The Balaban J connectivity index is 0.000000232. The van der Waals surface area contributed by atoms with Gasteiger partial charge in [0.1, 0.15) is 5.56 Å². The molecular weight excluding hydrogens is 414 g/mol. The highest BCUT2D eigenvalue weighted by Crippen LogP contribution is 2.14. The second-order valence-electron chi connectivity index (χ2n) is 5.78. The quantitative estimate of drug-likeness (QED) is 0.218. The predicted octanol–water partition coefficient (Wildman–Crippen LogP) is 2.05. The van der Waals surface area contributed by atoms with Crippen molar-refractivity contribution in [1.82, 2.24) is 14.6 Å². The maximum absolute atomic E-state index is 11.9. The largest absolute Gasteiger partial charge is 0.478 e. The molecule has 30 heavy (non-hydrogen) atoms. The normalized spacial score (nSPS) is 9.93. The number of carboxylic acid groups (broad SMARTS) is 1. The fourth-order valence-corrected chi connectivity index (χ4v) is 2.73. The number of benzene rings is 2. The number of aromatic nitrogens is 3. The molecule has 2 heterocycles. The van der Waals surface area contributed by atoms with Crippen LogP contribution in [0.4, 0.5) is 5.69 Å². The molecule has 0 atom stereocenters. The summed E-state index contributed by atoms with van der Waals surface area (Å²) in [6.07, 6.45) is 1.38. The maximum Gasteiger partial charge on any atom is 0.343 e. The Hall–Kier alpha value is -3.89. The van der Waals surface area contributed by atoms with Gasteiger partial charge in [-0.2, -0.15) is 5.10 Å². The summed E-state index contributed by atoms with van der Waals surface area (Å²) >= 11 is 0. The number of aromatic carboxylic acids is 1. The van der Waals surface area contributed by atoms with Gasteiger partial charge in [-0.15, -0.1) is 12.4 Å². The SMILES string of the molecule is COC(=O)c1cnn2c1[nH]c(=O)c1ccccc12.Cl.NNc1ccccc1C(=O)O. The number of carbonyl (C=O) groups is 2. The van der Waals surface area contributed by atoms with Crippen LogP contribution in [0.1, 0.15) is 20.7 Å². The Morgan fingerprint density at radius 3 is 2.43 bits per heavy atom. The number of aromatic amines is 1. The third kappa shape index (κ3) is 4.24. The molecule has 0 saturated carbocycles. The molecule has 0 saturated heterocycles. The van der Waals surface area contributed by atoms with Gasteiger partial charge in [0.05, 0.1) is 35.5 Å². The molecule has 0 unspecified atom stereocenters. The molecule has 0 fully saturated rings. The van der Waals surface area contributed by atoms with Crippen LogP contribution in [-0.2, 0) is 4.74 Å². The lowest BCUT2D eigenvalue weighted by Gasteiger charge is -2.02. The molecular formula is C19H18ClN5O5. The third-order valence-electron chi connectivity index (χ3n) is 4.10. The van der Waals surface area contributed by atoms with Crippen molar-refractivity contribution in [2.45, 2.75) is 0 Å². The summed E-state index contributed by atoms with van der Waals surface area (Å²) in [5.74, 6) is 3.56. The van der Waals surface area contributed by atoms with Gasteiger partial charge in [-0.05, 0) is 24.3 Å². The molecule has 0 aliphatic heterocycles. The first-order valence-electron chi connectivity index (χ1n) is 8.34. The van der Waals surface area contributed by atoms with E-state index in [1.54, 1.807) is 42.5 Å². The number of anilines is 1. The number of hydrogen-bond donors (Lipinski definition) is 4. The van der Waals surface area contributed by atoms with E-state index in [0.717, 1.165) is 0 Å². The van der Waals surface area contributed by atoms with Gasteiger partial charge in [0.2, 0.25) is 0 Å². The first kappa shape index (κ1) is 22.4. The van der Waals surface area contributed by atoms with E-state index >= 15 is 0 Å². The van der Waals surface area contributed by atoms with Crippen LogP contribution in [0.2, 0.25) is 0 Å². The molecule has 0 bridgehead atoms. The summed E-state index contributed by atoms with van der Waals surface area (Å²) in [5, 5.41) is 13.2. The highest BCUT2D eigenvalue weighted by Gasteiger charge is 2.16. The summed E-state index contributed by atoms with van der Waals surface area (Å²) in [5.41, 5.74) is 3.85.